The molecular formula is C17H22F2N4O3. The highest BCUT2D eigenvalue weighted by molar-refractivity contribution is 5.90. The smallest absolute Gasteiger partial charge is 0.414 e. The number of carbonyl (C=O) groups is 1. The summed E-state index contributed by atoms with van der Waals surface area (Å²) in [5.41, 5.74) is 5.54. The van der Waals surface area contributed by atoms with Crippen molar-refractivity contribution in [2.75, 3.05) is 49.1 Å². The highest BCUT2D eigenvalue weighted by Gasteiger charge is 2.34. The topological polar surface area (TPSA) is 71.3 Å². The molecule has 1 aromatic carbocycles. The molecule has 0 aromatic heterocycles. The summed E-state index contributed by atoms with van der Waals surface area (Å²) >= 11 is 0. The summed E-state index contributed by atoms with van der Waals surface area (Å²) < 4.78 is 34.5. The molecule has 0 spiro atoms. The molecule has 26 heavy (non-hydrogen) atoms. The maximum atomic E-state index is 14.7. The fourth-order valence-electron chi connectivity index (χ4n) is 3.40. The van der Waals surface area contributed by atoms with E-state index in [0.717, 1.165) is 12.8 Å². The Kier molecular flexibility index (Phi) is 4.68. The van der Waals surface area contributed by atoms with E-state index in [4.69, 9.17) is 15.3 Å². The number of benzene rings is 1. The predicted octanol–water partition coefficient (Wildman–Crippen LogP) is 1.46. The third-order valence-corrected chi connectivity index (χ3v) is 4.93. The standard InChI is InChI=1S/C17H22F2N4O3/c18-14-7-12(22-10-13(9-20)26-17(22)24)8-15(19)16(14)21-3-4-23(11-1-2-11)25-6-5-21/h7-8,11,13H,1-6,9-10,20H2/t13-/m0/s1. The monoisotopic (exact) mass is 368 g/mol. The number of amides is 1. The van der Waals surface area contributed by atoms with Crippen LogP contribution in [0.3, 0.4) is 0 Å². The molecule has 2 saturated heterocycles. The summed E-state index contributed by atoms with van der Waals surface area (Å²) in [6.07, 6.45) is 1.10. The Morgan fingerprint density at radius 2 is 1.88 bits per heavy atom. The molecule has 1 aromatic rings. The summed E-state index contributed by atoms with van der Waals surface area (Å²) in [7, 11) is 0. The Bertz CT molecular complexity index is 678. The van der Waals surface area contributed by atoms with Crippen LogP contribution in [0.1, 0.15) is 12.8 Å². The van der Waals surface area contributed by atoms with Gasteiger partial charge in [0.1, 0.15) is 11.8 Å². The molecule has 142 valence electrons. The number of hydroxylamine groups is 2. The van der Waals surface area contributed by atoms with Crippen molar-refractivity contribution in [3.63, 3.8) is 0 Å². The molecule has 4 rings (SSSR count). The lowest BCUT2D eigenvalue weighted by Crippen LogP contribution is -2.32. The van der Waals surface area contributed by atoms with Crippen LogP contribution in [0.15, 0.2) is 12.1 Å². The van der Waals surface area contributed by atoms with Crippen LogP contribution in [0.4, 0.5) is 25.0 Å². The third-order valence-electron chi connectivity index (χ3n) is 4.93. The Hall–Kier alpha value is -1.97. The first-order valence-electron chi connectivity index (χ1n) is 8.88. The Labute approximate surface area is 150 Å². The van der Waals surface area contributed by atoms with Gasteiger partial charge in [-0.25, -0.2) is 13.6 Å². The number of nitrogens with two attached hydrogens (primary N) is 1. The van der Waals surface area contributed by atoms with Crippen LogP contribution >= 0.6 is 0 Å². The average Bonchev–Trinajstić information content (AvgIpc) is 3.40. The van der Waals surface area contributed by atoms with Gasteiger partial charge in [0.15, 0.2) is 11.6 Å². The van der Waals surface area contributed by atoms with E-state index in [-0.39, 0.29) is 24.5 Å². The van der Waals surface area contributed by atoms with Crippen LogP contribution in [0.25, 0.3) is 0 Å². The number of hydrogen-bond acceptors (Lipinski definition) is 6. The van der Waals surface area contributed by atoms with Crippen LogP contribution in [0.2, 0.25) is 0 Å². The zero-order valence-corrected chi connectivity index (χ0v) is 14.4. The van der Waals surface area contributed by atoms with Crippen molar-refractivity contribution < 1.29 is 23.1 Å². The highest BCUT2D eigenvalue weighted by atomic mass is 19.1. The highest BCUT2D eigenvalue weighted by Crippen LogP contribution is 2.32. The Morgan fingerprint density at radius 1 is 1.15 bits per heavy atom. The van der Waals surface area contributed by atoms with Gasteiger partial charge in [-0.15, -0.1) is 0 Å². The van der Waals surface area contributed by atoms with Crippen molar-refractivity contribution in [3.05, 3.63) is 23.8 Å². The molecule has 0 bridgehead atoms. The van der Waals surface area contributed by atoms with Gasteiger partial charge in [-0.2, -0.15) is 5.06 Å². The van der Waals surface area contributed by atoms with E-state index in [2.05, 4.69) is 0 Å². The maximum absolute atomic E-state index is 14.7. The zero-order chi connectivity index (χ0) is 18.3. The van der Waals surface area contributed by atoms with E-state index >= 15 is 0 Å². The van der Waals surface area contributed by atoms with Gasteiger partial charge in [-0.1, -0.05) is 0 Å². The van der Waals surface area contributed by atoms with Crippen molar-refractivity contribution in [2.45, 2.75) is 25.0 Å². The second-order valence-electron chi connectivity index (χ2n) is 6.80. The van der Waals surface area contributed by atoms with E-state index in [9.17, 15) is 13.6 Å². The van der Waals surface area contributed by atoms with Gasteiger partial charge in [0.2, 0.25) is 0 Å². The molecule has 0 unspecified atom stereocenters. The third kappa shape index (κ3) is 3.34. The number of halogens is 2. The first-order valence-corrected chi connectivity index (χ1v) is 8.88. The molecule has 0 radical (unpaired) electrons. The average molecular weight is 368 g/mol. The molecule has 3 aliphatic rings. The predicted molar refractivity (Wildman–Crippen MR) is 90.9 cm³/mol. The largest absolute Gasteiger partial charge is 0.443 e. The molecular weight excluding hydrogens is 346 g/mol. The van der Waals surface area contributed by atoms with Gasteiger partial charge in [0.05, 0.1) is 18.8 Å². The first-order chi connectivity index (χ1) is 12.6. The van der Waals surface area contributed by atoms with Crippen molar-refractivity contribution in [1.29, 1.82) is 0 Å². The Morgan fingerprint density at radius 3 is 2.50 bits per heavy atom. The van der Waals surface area contributed by atoms with Crippen LogP contribution in [-0.4, -0.2) is 62.6 Å². The van der Waals surface area contributed by atoms with E-state index in [1.807, 2.05) is 5.06 Å². The number of cyclic esters (lactones) is 1. The lowest BCUT2D eigenvalue weighted by Gasteiger charge is -2.24. The summed E-state index contributed by atoms with van der Waals surface area (Å²) in [6.45, 7) is 2.20. The SMILES string of the molecule is NC[C@H]1CN(c2cc(F)c(N3CCON(C4CC4)CC3)c(F)c2)C(=O)O1. The number of anilines is 2. The molecule has 1 atom stereocenters. The minimum Gasteiger partial charge on any atom is -0.443 e. The molecule has 1 aliphatic carbocycles. The molecule has 1 saturated carbocycles. The number of rotatable bonds is 4. The molecule has 3 fully saturated rings. The van der Waals surface area contributed by atoms with Crippen molar-refractivity contribution in [1.82, 2.24) is 5.06 Å². The van der Waals surface area contributed by atoms with Gasteiger partial charge >= 0.3 is 6.09 Å². The van der Waals surface area contributed by atoms with Crippen LogP contribution in [0.5, 0.6) is 0 Å². The van der Waals surface area contributed by atoms with Crippen LogP contribution < -0.4 is 15.5 Å². The summed E-state index contributed by atoms with van der Waals surface area (Å²) in [6, 6.07) is 2.77. The molecule has 2 aliphatic heterocycles. The van der Waals surface area contributed by atoms with E-state index in [0.29, 0.717) is 32.3 Å². The number of nitrogens with zero attached hydrogens (tertiary/aromatic N) is 3. The number of carbonyl (C=O) groups excluding carboxylic acids is 1. The molecule has 2 heterocycles. The second-order valence-corrected chi connectivity index (χ2v) is 6.80. The normalized spacial score (nSPS) is 24.7. The van der Waals surface area contributed by atoms with Gasteiger partial charge in [0.25, 0.3) is 0 Å². The van der Waals surface area contributed by atoms with Gasteiger partial charge in [0, 0.05) is 44.4 Å². The maximum Gasteiger partial charge on any atom is 0.414 e. The van der Waals surface area contributed by atoms with E-state index in [1.165, 1.54) is 17.0 Å². The Balaban J connectivity index is 1.53. The minimum absolute atomic E-state index is 0.0852. The van der Waals surface area contributed by atoms with Crippen LogP contribution in [0, 0.1) is 11.6 Å². The van der Waals surface area contributed by atoms with E-state index in [1.54, 1.807) is 4.90 Å². The van der Waals surface area contributed by atoms with Crippen molar-refractivity contribution in [3.8, 4) is 0 Å². The lowest BCUT2D eigenvalue weighted by molar-refractivity contribution is -0.154. The quantitative estimate of drug-likeness (QED) is 0.868. The fraction of sp³-hybridized carbons (Fsp3) is 0.588. The lowest BCUT2D eigenvalue weighted by atomic mass is 10.2. The van der Waals surface area contributed by atoms with Gasteiger partial charge < -0.3 is 15.4 Å². The van der Waals surface area contributed by atoms with Gasteiger partial charge in [-0.05, 0) is 12.8 Å². The first kappa shape index (κ1) is 17.4. The van der Waals surface area contributed by atoms with Crippen molar-refractivity contribution >= 4 is 17.5 Å². The minimum atomic E-state index is -0.705. The fourth-order valence-corrected chi connectivity index (χ4v) is 3.40. The van der Waals surface area contributed by atoms with E-state index < -0.39 is 23.8 Å². The second kappa shape index (κ2) is 6.98. The molecule has 1 amide bonds. The summed E-state index contributed by atoms with van der Waals surface area (Å²) in [5, 5.41) is 1.91. The number of ether oxygens (including phenoxy) is 1. The van der Waals surface area contributed by atoms with Crippen molar-refractivity contribution in [2.24, 2.45) is 5.73 Å². The molecule has 7 nitrogen and oxygen atoms in total. The molecule has 9 heteroatoms. The van der Waals surface area contributed by atoms with Crippen LogP contribution in [-0.2, 0) is 9.57 Å². The number of hydrogen-bond donors (Lipinski definition) is 1. The summed E-state index contributed by atoms with van der Waals surface area (Å²) in [5.74, 6) is -1.41. The zero-order valence-electron chi connectivity index (χ0n) is 14.4. The van der Waals surface area contributed by atoms with Gasteiger partial charge in [-0.3, -0.25) is 9.74 Å². The summed E-state index contributed by atoms with van der Waals surface area (Å²) in [4.78, 5) is 20.4. The molecule has 2 N–H and O–H groups in total.